The predicted molar refractivity (Wildman–Crippen MR) is 155 cm³/mol. The Morgan fingerprint density at radius 2 is 2.00 bits per heavy atom. The van der Waals surface area contributed by atoms with E-state index in [1.54, 1.807) is 6.07 Å². The summed E-state index contributed by atoms with van der Waals surface area (Å²) in [6.07, 6.45) is 3.56. The van der Waals surface area contributed by atoms with Gasteiger partial charge in [0.2, 0.25) is 5.91 Å². The highest BCUT2D eigenvalue weighted by Gasteiger charge is 2.46. The maximum Gasteiger partial charge on any atom is 0.240 e. The number of likely N-dealkylation sites (N-methyl/N-ethyl adjacent to an activating group) is 1. The number of H-pyrrole nitrogens is 2. The Morgan fingerprint density at radius 3 is 2.75 bits per heavy atom. The fraction of sp³-hybridized carbons (Fsp3) is 0.452. The van der Waals surface area contributed by atoms with Gasteiger partial charge in [-0.1, -0.05) is 26.0 Å². The predicted octanol–water partition coefficient (Wildman–Crippen LogP) is 3.94. The molecule has 0 saturated carbocycles. The minimum absolute atomic E-state index is 0.162. The van der Waals surface area contributed by atoms with Crippen LogP contribution in [-0.2, 0) is 24.2 Å². The Kier molecular flexibility index (Phi) is 6.16. The Balaban J connectivity index is 1.17. The van der Waals surface area contributed by atoms with E-state index in [1.165, 1.54) is 0 Å². The number of hydrogen-bond donors (Lipinski definition) is 3. The third-order valence-electron chi connectivity index (χ3n) is 9.21. The van der Waals surface area contributed by atoms with Crippen molar-refractivity contribution in [3.05, 3.63) is 53.3 Å². The topological polar surface area (TPSA) is 104 Å². The van der Waals surface area contributed by atoms with Crippen LogP contribution in [0.4, 0.5) is 0 Å². The maximum absolute atomic E-state index is 13.8. The van der Waals surface area contributed by atoms with Gasteiger partial charge in [0.25, 0.3) is 0 Å². The fourth-order valence-electron chi connectivity index (χ4n) is 7.10. The number of aromatic nitrogens is 4. The molecule has 2 aromatic carbocycles. The summed E-state index contributed by atoms with van der Waals surface area (Å²) in [7, 11) is 2.17. The molecule has 0 radical (unpaired) electrons. The molecule has 3 N–H and O–H groups in total. The van der Waals surface area contributed by atoms with Gasteiger partial charge in [-0.3, -0.25) is 19.7 Å². The van der Waals surface area contributed by atoms with Crippen molar-refractivity contribution in [2.45, 2.75) is 64.2 Å². The van der Waals surface area contributed by atoms with E-state index < -0.39 is 0 Å². The zero-order valence-electron chi connectivity index (χ0n) is 23.4. The van der Waals surface area contributed by atoms with Crippen LogP contribution in [0.15, 0.2) is 36.4 Å². The number of nitrogens with zero attached hydrogens (tertiary/aromatic N) is 5. The van der Waals surface area contributed by atoms with Crippen molar-refractivity contribution in [3.8, 4) is 28.4 Å². The summed E-state index contributed by atoms with van der Waals surface area (Å²) in [5.74, 6) is 1.30. The summed E-state index contributed by atoms with van der Waals surface area (Å²) in [6.45, 7) is 7.68. The molecule has 2 bridgehead atoms. The van der Waals surface area contributed by atoms with Crippen molar-refractivity contribution in [2.24, 2.45) is 0 Å². The molecule has 7 rings (SSSR count). The molecule has 2 aromatic heterocycles. The SMILES string of the molecule is CCCN1Cc2[nH]c(-c3n[nH]c4cc(-c5ccc(O)cc5CC)ccc34)nc2C[C@H]1C(=O)N1C[C@@H]2C[C@H]1CN2C. The van der Waals surface area contributed by atoms with Crippen molar-refractivity contribution in [1.29, 1.82) is 0 Å². The molecule has 0 unspecified atom stereocenters. The van der Waals surface area contributed by atoms with Crippen molar-refractivity contribution < 1.29 is 9.90 Å². The second-order valence-corrected chi connectivity index (χ2v) is 11.7. The Morgan fingerprint density at radius 1 is 1.12 bits per heavy atom. The molecule has 3 aliphatic rings. The standard InChI is InChI=1S/C31H37N7O2/c1-4-10-37-17-27-26(14-28(37)31(40)38-16-20-13-21(38)15-36(20)3)32-30(33-27)29-24-8-6-19(12-25(24)34-35-29)23-9-7-22(39)11-18(23)5-2/h6-9,11-12,20-21,28,39H,4-5,10,13-17H2,1-3H3,(H,32,33)(H,34,35)/t20-,21-,28-/m0/s1. The molecule has 9 heteroatoms. The Hall–Kier alpha value is -3.69. The molecule has 40 heavy (non-hydrogen) atoms. The van der Waals surface area contributed by atoms with E-state index in [4.69, 9.17) is 4.98 Å². The number of piperazine rings is 1. The highest BCUT2D eigenvalue weighted by atomic mass is 16.3. The second-order valence-electron chi connectivity index (χ2n) is 11.7. The number of phenols is 1. The third kappa shape index (κ3) is 4.10. The van der Waals surface area contributed by atoms with Gasteiger partial charge in [0.1, 0.15) is 11.4 Å². The van der Waals surface area contributed by atoms with Crippen molar-refractivity contribution >= 4 is 16.8 Å². The highest BCUT2D eigenvalue weighted by Crippen LogP contribution is 2.35. The third-order valence-corrected chi connectivity index (χ3v) is 9.21. The van der Waals surface area contributed by atoms with Crippen LogP contribution in [0.3, 0.4) is 0 Å². The molecule has 0 spiro atoms. The molecular formula is C31H37N7O2. The molecule has 3 aliphatic heterocycles. The summed E-state index contributed by atoms with van der Waals surface area (Å²) >= 11 is 0. The number of aryl methyl sites for hydroxylation is 1. The molecule has 5 heterocycles. The average molecular weight is 540 g/mol. The molecule has 208 valence electrons. The molecule has 4 aromatic rings. The minimum Gasteiger partial charge on any atom is -0.508 e. The quantitative estimate of drug-likeness (QED) is 0.343. The minimum atomic E-state index is -0.162. The summed E-state index contributed by atoms with van der Waals surface area (Å²) in [5.41, 5.74) is 7.08. The lowest BCUT2D eigenvalue weighted by molar-refractivity contribution is -0.140. The van der Waals surface area contributed by atoms with Gasteiger partial charge in [-0.05, 0) is 73.8 Å². The summed E-state index contributed by atoms with van der Waals surface area (Å²) in [6, 6.07) is 12.5. The molecule has 2 saturated heterocycles. The first-order chi connectivity index (χ1) is 19.4. The van der Waals surface area contributed by atoms with E-state index in [0.29, 0.717) is 25.0 Å². The summed E-state index contributed by atoms with van der Waals surface area (Å²) in [4.78, 5) is 29.2. The lowest BCUT2D eigenvalue weighted by Crippen LogP contribution is -2.56. The monoisotopic (exact) mass is 539 g/mol. The van der Waals surface area contributed by atoms with Crippen LogP contribution in [0.25, 0.3) is 33.5 Å². The molecule has 2 fully saturated rings. The first kappa shape index (κ1) is 25.3. The summed E-state index contributed by atoms with van der Waals surface area (Å²) < 4.78 is 0. The number of likely N-dealkylation sites (tertiary alicyclic amines) is 2. The van der Waals surface area contributed by atoms with Gasteiger partial charge in [0, 0.05) is 43.5 Å². The van der Waals surface area contributed by atoms with Gasteiger partial charge in [-0.25, -0.2) is 4.98 Å². The number of phenolic OH excluding ortho intramolecular Hbond substituents is 1. The van der Waals surface area contributed by atoms with Gasteiger partial charge in [0.15, 0.2) is 5.82 Å². The van der Waals surface area contributed by atoms with Crippen LogP contribution >= 0.6 is 0 Å². The summed E-state index contributed by atoms with van der Waals surface area (Å²) in [5, 5.41) is 18.8. The number of imidazole rings is 1. The van der Waals surface area contributed by atoms with E-state index in [9.17, 15) is 9.90 Å². The number of hydrogen-bond acceptors (Lipinski definition) is 6. The molecular weight excluding hydrogens is 502 g/mol. The highest BCUT2D eigenvalue weighted by molar-refractivity contribution is 5.94. The van der Waals surface area contributed by atoms with E-state index >= 15 is 0 Å². The van der Waals surface area contributed by atoms with Crippen LogP contribution in [0.5, 0.6) is 5.75 Å². The molecule has 1 amide bonds. The maximum atomic E-state index is 13.8. The van der Waals surface area contributed by atoms with E-state index in [2.05, 4.69) is 69.0 Å². The Bertz CT molecular complexity index is 1590. The number of benzene rings is 2. The number of nitrogens with one attached hydrogen (secondary N) is 2. The van der Waals surface area contributed by atoms with Gasteiger partial charge >= 0.3 is 0 Å². The fourth-order valence-corrected chi connectivity index (χ4v) is 7.10. The van der Waals surface area contributed by atoms with Crippen LogP contribution < -0.4 is 0 Å². The first-order valence-electron chi connectivity index (χ1n) is 14.6. The zero-order chi connectivity index (χ0) is 27.5. The lowest BCUT2D eigenvalue weighted by Gasteiger charge is -2.39. The van der Waals surface area contributed by atoms with Crippen LogP contribution in [0.1, 0.15) is 43.6 Å². The number of rotatable bonds is 6. The van der Waals surface area contributed by atoms with Crippen LogP contribution in [0, 0.1) is 0 Å². The van der Waals surface area contributed by atoms with Gasteiger partial charge in [-0.2, -0.15) is 5.10 Å². The number of carbonyl (C=O) groups is 1. The number of aromatic hydroxyl groups is 1. The van der Waals surface area contributed by atoms with Crippen molar-refractivity contribution in [2.75, 3.05) is 26.7 Å². The molecule has 3 atom stereocenters. The number of carbonyl (C=O) groups excluding carboxylic acids is 1. The number of fused-ring (bicyclic) bond motifs is 4. The van der Waals surface area contributed by atoms with Crippen molar-refractivity contribution in [1.82, 2.24) is 34.9 Å². The smallest absolute Gasteiger partial charge is 0.240 e. The molecule has 0 aliphatic carbocycles. The number of aromatic amines is 2. The van der Waals surface area contributed by atoms with Gasteiger partial charge in [0.05, 0.1) is 22.9 Å². The van der Waals surface area contributed by atoms with Crippen LogP contribution in [-0.4, -0.2) is 90.7 Å². The first-order valence-corrected chi connectivity index (χ1v) is 14.6. The average Bonchev–Trinajstić information content (AvgIpc) is 3.74. The number of amides is 1. The second kappa shape index (κ2) is 9.74. The van der Waals surface area contributed by atoms with Gasteiger partial charge in [-0.15, -0.1) is 0 Å². The molecule has 9 nitrogen and oxygen atoms in total. The normalized spacial score (nSPS) is 22.9. The largest absolute Gasteiger partial charge is 0.508 e. The lowest BCUT2D eigenvalue weighted by atomic mass is 9.97. The van der Waals surface area contributed by atoms with Crippen LogP contribution in [0.2, 0.25) is 0 Å². The Labute approximate surface area is 234 Å². The van der Waals surface area contributed by atoms with Gasteiger partial charge < -0.3 is 15.0 Å². The van der Waals surface area contributed by atoms with E-state index in [-0.39, 0.29) is 17.7 Å². The van der Waals surface area contributed by atoms with E-state index in [1.807, 2.05) is 12.1 Å². The zero-order valence-corrected chi connectivity index (χ0v) is 23.4. The van der Waals surface area contributed by atoms with Crippen molar-refractivity contribution in [3.63, 3.8) is 0 Å². The van der Waals surface area contributed by atoms with E-state index in [0.717, 1.165) is 89.4 Å².